The van der Waals surface area contributed by atoms with E-state index in [2.05, 4.69) is 30.9 Å². The summed E-state index contributed by atoms with van der Waals surface area (Å²) in [5.74, 6) is -2.32. The highest BCUT2D eigenvalue weighted by atomic mass is 35.5. The van der Waals surface area contributed by atoms with Gasteiger partial charge in [0.1, 0.15) is 6.04 Å². The van der Waals surface area contributed by atoms with E-state index in [9.17, 15) is 37.5 Å². The number of anilines is 3. The van der Waals surface area contributed by atoms with Crippen molar-refractivity contribution >= 4 is 41.1 Å². The number of ether oxygens (including phenoxy) is 2. The summed E-state index contributed by atoms with van der Waals surface area (Å²) in [7, 11) is 1.11. The number of esters is 1. The highest BCUT2D eigenvalue weighted by molar-refractivity contribution is 6.30. The number of nitrogens with zero attached hydrogens (tertiary/aromatic N) is 3. The fraction of sp³-hybridized carbons (Fsp3) is 0.300. The van der Waals surface area contributed by atoms with Gasteiger partial charge >= 0.3 is 18.2 Å². The summed E-state index contributed by atoms with van der Waals surface area (Å²) in [4.78, 5) is 60.3. The maximum Gasteiger partial charge on any atom is 0.422 e. The number of aromatic hydroxyl groups is 1. The van der Waals surface area contributed by atoms with Gasteiger partial charge in [0.2, 0.25) is 17.3 Å². The Hall–Kier alpha value is -5.25. The molecule has 5 rings (SSSR count). The predicted octanol–water partition coefficient (Wildman–Crippen LogP) is 3.52. The van der Waals surface area contributed by atoms with E-state index in [4.69, 9.17) is 21.1 Å². The van der Waals surface area contributed by atoms with E-state index < -0.39 is 58.9 Å². The van der Waals surface area contributed by atoms with Gasteiger partial charge in [-0.3, -0.25) is 14.4 Å². The molecule has 1 heterocycles. The molecule has 1 amide bonds. The Morgan fingerprint density at radius 1 is 1.00 bits per heavy atom. The maximum atomic E-state index is 12.9. The van der Waals surface area contributed by atoms with Crippen LogP contribution in [0.1, 0.15) is 40.7 Å². The molecule has 47 heavy (non-hydrogen) atoms. The highest BCUT2D eigenvalue weighted by Crippen LogP contribution is 2.48. The molecular weight excluding hydrogens is 649 g/mol. The van der Waals surface area contributed by atoms with Gasteiger partial charge in [0.15, 0.2) is 12.4 Å². The normalized spacial score (nSPS) is 14.2. The summed E-state index contributed by atoms with van der Waals surface area (Å²) in [5, 5.41) is 18.6. The highest BCUT2D eigenvalue weighted by Gasteiger charge is 2.45. The fourth-order valence-electron chi connectivity index (χ4n) is 4.69. The molecule has 17 heteroatoms. The van der Waals surface area contributed by atoms with Crippen LogP contribution in [0.3, 0.4) is 0 Å². The Bertz CT molecular complexity index is 1860. The minimum absolute atomic E-state index is 0.0333. The summed E-state index contributed by atoms with van der Waals surface area (Å²) in [5.41, 5.74) is -1.19. The largest absolute Gasteiger partial charge is 0.504 e. The van der Waals surface area contributed by atoms with Crippen molar-refractivity contribution < 1.29 is 37.3 Å². The molecule has 4 aromatic rings. The first kappa shape index (κ1) is 33.1. The standard InChI is InChI=1S/C30H26ClF3N6O7/c1-46-25(45)20(11-10-19-21(41)23(43)22(19)42)36-24(44)15-2-8-18(9-3-15)35-26-37-27(39-28(38-26)47-14-30(32,33)34)40-29(12-13-29)16-4-6-17(31)7-5-16/h2-9,20,41H,10-14H2,1H3,(H,36,44)(H2,35,37,38,39,40)/t20-/m0/s1. The topological polar surface area (TPSA) is 182 Å². The number of halogens is 4. The van der Waals surface area contributed by atoms with Gasteiger partial charge in [-0.2, -0.15) is 28.1 Å². The van der Waals surface area contributed by atoms with Crippen molar-refractivity contribution in [1.82, 2.24) is 20.3 Å². The maximum absolute atomic E-state index is 12.9. The first-order valence-corrected chi connectivity index (χ1v) is 14.4. The number of methoxy groups -OCH3 is 1. The summed E-state index contributed by atoms with van der Waals surface area (Å²) in [6.45, 7) is -1.62. The first-order valence-electron chi connectivity index (χ1n) is 14.0. The predicted molar refractivity (Wildman–Crippen MR) is 162 cm³/mol. The molecule has 1 saturated carbocycles. The molecule has 0 radical (unpaired) electrons. The van der Waals surface area contributed by atoms with Gasteiger partial charge < -0.3 is 30.5 Å². The van der Waals surface area contributed by atoms with Crippen LogP contribution in [-0.4, -0.2) is 57.9 Å². The molecule has 0 saturated heterocycles. The molecule has 1 fully saturated rings. The fourth-order valence-corrected chi connectivity index (χ4v) is 4.81. The van der Waals surface area contributed by atoms with Crippen LogP contribution in [0.25, 0.3) is 0 Å². The third-order valence-electron chi connectivity index (χ3n) is 7.34. The number of rotatable bonds is 13. The molecule has 1 aliphatic carbocycles. The van der Waals surface area contributed by atoms with Crippen molar-refractivity contribution in [1.29, 1.82) is 0 Å². The smallest absolute Gasteiger partial charge is 0.422 e. The number of alkyl halides is 3. The quantitative estimate of drug-likeness (QED) is 0.120. The van der Waals surface area contributed by atoms with Crippen molar-refractivity contribution in [3.63, 3.8) is 0 Å². The molecule has 246 valence electrons. The lowest BCUT2D eigenvalue weighted by Crippen LogP contribution is -2.43. The summed E-state index contributed by atoms with van der Waals surface area (Å²) in [6.07, 6.45) is -3.48. The second-order valence-corrected chi connectivity index (χ2v) is 11.1. The average molecular weight is 675 g/mol. The molecule has 1 atom stereocenters. The zero-order valence-electron chi connectivity index (χ0n) is 24.5. The minimum Gasteiger partial charge on any atom is -0.504 e. The molecule has 13 nitrogen and oxygen atoms in total. The zero-order chi connectivity index (χ0) is 33.9. The van der Waals surface area contributed by atoms with Gasteiger partial charge in [-0.1, -0.05) is 23.7 Å². The molecule has 0 unspecified atom stereocenters. The van der Waals surface area contributed by atoms with Gasteiger partial charge in [0.25, 0.3) is 11.3 Å². The Labute approximate surface area is 268 Å². The van der Waals surface area contributed by atoms with Crippen molar-refractivity contribution in [2.45, 2.75) is 43.4 Å². The Morgan fingerprint density at radius 2 is 1.66 bits per heavy atom. The number of carbonyl (C=O) groups is 2. The van der Waals surface area contributed by atoms with Gasteiger partial charge in [-0.25, -0.2) is 4.79 Å². The molecule has 1 aromatic heterocycles. The number of hydrogen-bond donors (Lipinski definition) is 4. The lowest BCUT2D eigenvalue weighted by molar-refractivity contribution is -0.154. The van der Waals surface area contributed by atoms with Crippen LogP contribution in [0.5, 0.6) is 11.8 Å². The molecule has 4 N–H and O–H groups in total. The van der Waals surface area contributed by atoms with Crippen LogP contribution >= 0.6 is 11.6 Å². The van der Waals surface area contributed by atoms with E-state index in [1.807, 2.05) is 12.1 Å². The lowest BCUT2D eigenvalue weighted by atomic mass is 10.00. The monoisotopic (exact) mass is 674 g/mol. The summed E-state index contributed by atoms with van der Waals surface area (Å²) < 4.78 is 48.2. The van der Waals surface area contributed by atoms with Crippen molar-refractivity contribution in [2.24, 2.45) is 0 Å². The molecule has 1 aliphatic rings. The number of carbonyl (C=O) groups excluding carboxylic acids is 2. The van der Waals surface area contributed by atoms with Crippen molar-refractivity contribution in [2.75, 3.05) is 24.4 Å². The Kier molecular flexibility index (Phi) is 9.33. The molecule has 0 bridgehead atoms. The van der Waals surface area contributed by atoms with E-state index in [1.165, 1.54) is 24.3 Å². The molecule has 3 aromatic carbocycles. The SMILES string of the molecule is COC(=O)[C@H](CCc1c(O)c(=O)c1=O)NC(=O)c1ccc(Nc2nc(NC3(c4ccc(Cl)cc4)CC3)nc(OCC(F)(F)F)n2)cc1. The van der Waals surface area contributed by atoms with Crippen LogP contribution in [0.4, 0.5) is 30.8 Å². The van der Waals surface area contributed by atoms with Crippen LogP contribution in [0.15, 0.2) is 58.1 Å². The number of aromatic nitrogens is 3. The van der Waals surface area contributed by atoms with Crippen LogP contribution in [0, 0.1) is 0 Å². The Balaban J connectivity index is 1.29. The number of hydrogen-bond acceptors (Lipinski definition) is 12. The molecule has 0 aliphatic heterocycles. The summed E-state index contributed by atoms with van der Waals surface area (Å²) >= 11 is 6.00. The zero-order valence-corrected chi connectivity index (χ0v) is 25.2. The van der Waals surface area contributed by atoms with E-state index in [0.717, 1.165) is 12.7 Å². The van der Waals surface area contributed by atoms with Crippen LogP contribution < -0.4 is 31.5 Å². The first-order chi connectivity index (χ1) is 22.3. The van der Waals surface area contributed by atoms with Crippen molar-refractivity contribution in [3.05, 3.63) is 90.7 Å². The lowest BCUT2D eigenvalue weighted by Gasteiger charge is -2.19. The van der Waals surface area contributed by atoms with Crippen molar-refractivity contribution in [3.8, 4) is 11.8 Å². The van der Waals surface area contributed by atoms with Crippen LogP contribution in [-0.2, 0) is 21.5 Å². The Morgan fingerprint density at radius 3 is 2.26 bits per heavy atom. The van der Waals surface area contributed by atoms with E-state index >= 15 is 0 Å². The van der Waals surface area contributed by atoms with Gasteiger partial charge in [-0.05, 0) is 67.6 Å². The van der Waals surface area contributed by atoms with Gasteiger partial charge in [0, 0.05) is 21.8 Å². The minimum atomic E-state index is -4.63. The second kappa shape index (κ2) is 13.2. The van der Waals surface area contributed by atoms with E-state index in [1.54, 1.807) is 12.1 Å². The average Bonchev–Trinajstić information content (AvgIpc) is 3.83. The number of benzene rings is 2. The van der Waals surface area contributed by atoms with E-state index in [-0.39, 0.29) is 35.9 Å². The number of amides is 1. The second-order valence-electron chi connectivity index (χ2n) is 10.7. The molecule has 0 spiro atoms. The van der Waals surface area contributed by atoms with Gasteiger partial charge in [0.05, 0.1) is 12.6 Å². The van der Waals surface area contributed by atoms with E-state index in [0.29, 0.717) is 23.6 Å². The van der Waals surface area contributed by atoms with Crippen LogP contribution in [0.2, 0.25) is 5.02 Å². The summed E-state index contributed by atoms with van der Waals surface area (Å²) in [6, 6.07) is 11.1. The third-order valence-corrected chi connectivity index (χ3v) is 7.59. The third kappa shape index (κ3) is 7.95. The number of nitrogens with one attached hydrogen (secondary N) is 3. The molecular formula is C30H26ClF3N6O7. The van der Waals surface area contributed by atoms with Gasteiger partial charge in [-0.15, -0.1) is 0 Å².